The summed E-state index contributed by atoms with van der Waals surface area (Å²) in [6.45, 7) is 4.58. The van der Waals surface area contributed by atoms with Gasteiger partial charge in [-0.15, -0.1) is 0 Å². The Balaban J connectivity index is 1.69. The van der Waals surface area contributed by atoms with Gasteiger partial charge in [0, 0.05) is 32.0 Å². The fourth-order valence-corrected chi connectivity index (χ4v) is 2.19. The molecule has 1 atom stereocenters. The number of hydrogen-bond acceptors (Lipinski definition) is 4. The number of aliphatic hydroxyl groups excluding tert-OH is 1. The van der Waals surface area contributed by atoms with Crippen LogP contribution < -0.4 is 15.4 Å². The molecule has 0 radical (unpaired) electrons. The number of nitrogens with one attached hydrogen (secondary N) is 2. The van der Waals surface area contributed by atoms with Crippen LogP contribution in [0.1, 0.15) is 13.3 Å². The lowest BCUT2D eigenvalue weighted by atomic mass is 10.3. The predicted molar refractivity (Wildman–Crippen MR) is 98.7 cm³/mol. The summed E-state index contributed by atoms with van der Waals surface area (Å²) >= 11 is 0. The summed E-state index contributed by atoms with van der Waals surface area (Å²) in [6, 6.07) is 7.58. The van der Waals surface area contributed by atoms with Gasteiger partial charge in [0.25, 0.3) is 0 Å². The van der Waals surface area contributed by atoms with E-state index in [9.17, 15) is 9.50 Å². The molecule has 0 aliphatic rings. The minimum Gasteiger partial charge on any atom is -0.491 e. The molecule has 0 aliphatic carbocycles. The van der Waals surface area contributed by atoms with E-state index in [-0.39, 0.29) is 19.0 Å². The van der Waals surface area contributed by atoms with Crippen LogP contribution in [0.4, 0.5) is 4.39 Å². The Hall–Kier alpha value is -2.61. The van der Waals surface area contributed by atoms with Crippen LogP contribution in [0.2, 0.25) is 0 Å². The fourth-order valence-electron chi connectivity index (χ4n) is 2.19. The highest BCUT2D eigenvalue weighted by Gasteiger charge is 2.06. The molecule has 0 spiro atoms. The third-order valence-electron chi connectivity index (χ3n) is 3.48. The Morgan fingerprint density at radius 2 is 2.15 bits per heavy atom. The van der Waals surface area contributed by atoms with Gasteiger partial charge >= 0.3 is 0 Å². The maximum absolute atomic E-state index is 12.8. The number of nitrogens with zero attached hydrogens (tertiary/aromatic N) is 3. The first-order chi connectivity index (χ1) is 12.7. The largest absolute Gasteiger partial charge is 0.491 e. The van der Waals surface area contributed by atoms with Gasteiger partial charge in [0.15, 0.2) is 5.96 Å². The van der Waals surface area contributed by atoms with E-state index in [1.165, 1.54) is 24.3 Å². The number of halogens is 1. The molecule has 0 bridgehead atoms. The molecule has 2 aromatic rings. The van der Waals surface area contributed by atoms with E-state index in [4.69, 9.17) is 4.74 Å². The highest BCUT2D eigenvalue weighted by atomic mass is 19.1. The molecule has 26 heavy (non-hydrogen) atoms. The van der Waals surface area contributed by atoms with Crippen LogP contribution in [0.25, 0.3) is 0 Å². The van der Waals surface area contributed by atoms with Gasteiger partial charge in [-0.1, -0.05) is 0 Å². The molecular formula is C18H26FN5O2. The average Bonchev–Trinajstić information content (AvgIpc) is 3.16. The highest BCUT2D eigenvalue weighted by molar-refractivity contribution is 5.79. The van der Waals surface area contributed by atoms with E-state index in [1.54, 1.807) is 6.20 Å². The van der Waals surface area contributed by atoms with Gasteiger partial charge in [-0.25, -0.2) is 4.39 Å². The molecule has 8 heteroatoms. The Labute approximate surface area is 152 Å². The van der Waals surface area contributed by atoms with Gasteiger partial charge in [0.2, 0.25) is 0 Å². The van der Waals surface area contributed by atoms with Crippen molar-refractivity contribution < 1.29 is 14.2 Å². The lowest BCUT2D eigenvalue weighted by Crippen LogP contribution is -2.39. The molecule has 0 amide bonds. The Morgan fingerprint density at radius 1 is 1.35 bits per heavy atom. The lowest BCUT2D eigenvalue weighted by molar-refractivity contribution is 0.114. The van der Waals surface area contributed by atoms with Crippen LogP contribution in [-0.4, -0.2) is 53.2 Å². The van der Waals surface area contributed by atoms with Crippen molar-refractivity contribution in [1.29, 1.82) is 0 Å². The van der Waals surface area contributed by atoms with Crippen molar-refractivity contribution in [3.05, 3.63) is 48.5 Å². The van der Waals surface area contributed by atoms with Crippen LogP contribution in [0.3, 0.4) is 0 Å². The summed E-state index contributed by atoms with van der Waals surface area (Å²) in [6.07, 6.45) is 3.84. The van der Waals surface area contributed by atoms with Crippen molar-refractivity contribution in [3.8, 4) is 5.75 Å². The van der Waals surface area contributed by atoms with Crippen LogP contribution in [0, 0.1) is 5.82 Å². The zero-order valence-electron chi connectivity index (χ0n) is 14.9. The van der Waals surface area contributed by atoms with E-state index in [2.05, 4.69) is 20.7 Å². The van der Waals surface area contributed by atoms with Gasteiger partial charge in [0.05, 0.1) is 6.54 Å². The van der Waals surface area contributed by atoms with Gasteiger partial charge in [-0.05, 0) is 43.7 Å². The number of aromatic nitrogens is 2. The number of aryl methyl sites for hydroxylation is 1. The number of aliphatic imine (C=N–C) groups is 1. The highest BCUT2D eigenvalue weighted by Crippen LogP contribution is 2.11. The number of rotatable bonds is 10. The molecule has 7 nitrogen and oxygen atoms in total. The molecule has 0 aliphatic heterocycles. The summed E-state index contributed by atoms with van der Waals surface area (Å²) in [4.78, 5) is 4.36. The fraction of sp³-hybridized carbons (Fsp3) is 0.444. The molecule has 0 fully saturated rings. The standard InChI is InChI=1S/C18H26FN5O2/c1-2-20-18(21-9-3-11-24-12-4-10-23-24)22-13-16(25)14-26-17-7-5-15(19)6-8-17/h4-8,10,12,16,25H,2-3,9,11,13-14H2,1H3,(H2,20,21,22). The predicted octanol–water partition coefficient (Wildman–Crippen LogP) is 1.41. The Morgan fingerprint density at radius 3 is 2.85 bits per heavy atom. The smallest absolute Gasteiger partial charge is 0.191 e. The van der Waals surface area contributed by atoms with E-state index < -0.39 is 6.10 Å². The van der Waals surface area contributed by atoms with E-state index in [1.807, 2.05) is 23.9 Å². The third-order valence-corrected chi connectivity index (χ3v) is 3.48. The SMILES string of the molecule is CCNC(=NCC(O)COc1ccc(F)cc1)NCCCn1cccn1. The third kappa shape index (κ3) is 7.52. The molecule has 3 N–H and O–H groups in total. The molecule has 1 aromatic heterocycles. The quantitative estimate of drug-likeness (QED) is 0.338. The van der Waals surface area contributed by atoms with Gasteiger partial charge in [0.1, 0.15) is 24.3 Å². The maximum atomic E-state index is 12.8. The van der Waals surface area contributed by atoms with Crippen molar-refractivity contribution >= 4 is 5.96 Å². The van der Waals surface area contributed by atoms with Crippen LogP contribution >= 0.6 is 0 Å². The number of guanidine groups is 1. The molecule has 1 aromatic carbocycles. The number of ether oxygens (including phenoxy) is 1. The van der Waals surface area contributed by atoms with Crippen molar-refractivity contribution in [2.24, 2.45) is 4.99 Å². The van der Waals surface area contributed by atoms with Crippen LogP contribution in [0.5, 0.6) is 5.75 Å². The minimum atomic E-state index is -0.750. The monoisotopic (exact) mass is 363 g/mol. The first-order valence-electron chi connectivity index (χ1n) is 8.73. The van der Waals surface area contributed by atoms with Gasteiger partial charge < -0.3 is 20.5 Å². The van der Waals surface area contributed by atoms with E-state index in [0.717, 1.165) is 26.1 Å². The van der Waals surface area contributed by atoms with Crippen molar-refractivity contribution in [2.75, 3.05) is 26.2 Å². The molecule has 0 saturated carbocycles. The van der Waals surface area contributed by atoms with Gasteiger partial charge in [-0.3, -0.25) is 9.67 Å². The second-order valence-electron chi connectivity index (χ2n) is 5.69. The zero-order chi connectivity index (χ0) is 18.6. The first-order valence-corrected chi connectivity index (χ1v) is 8.73. The number of hydrogen-bond donors (Lipinski definition) is 3. The Bertz CT molecular complexity index is 646. The van der Waals surface area contributed by atoms with E-state index >= 15 is 0 Å². The van der Waals surface area contributed by atoms with Crippen molar-refractivity contribution in [3.63, 3.8) is 0 Å². The average molecular weight is 363 g/mol. The van der Waals surface area contributed by atoms with Crippen LogP contribution in [-0.2, 0) is 6.54 Å². The molecule has 2 rings (SSSR count). The molecule has 142 valence electrons. The first kappa shape index (κ1) is 19.7. The Kier molecular flexibility index (Phi) is 8.41. The molecule has 1 unspecified atom stereocenters. The topological polar surface area (TPSA) is 83.7 Å². The normalized spacial score (nSPS) is 12.7. The second-order valence-corrected chi connectivity index (χ2v) is 5.69. The maximum Gasteiger partial charge on any atom is 0.191 e. The number of benzene rings is 1. The van der Waals surface area contributed by atoms with Gasteiger partial charge in [-0.2, -0.15) is 5.10 Å². The molecular weight excluding hydrogens is 337 g/mol. The lowest BCUT2D eigenvalue weighted by Gasteiger charge is -2.14. The molecule has 0 saturated heterocycles. The minimum absolute atomic E-state index is 0.0911. The number of aliphatic hydroxyl groups is 1. The summed E-state index contributed by atoms with van der Waals surface area (Å²) in [7, 11) is 0. The summed E-state index contributed by atoms with van der Waals surface area (Å²) in [5.74, 6) is 0.836. The summed E-state index contributed by atoms with van der Waals surface area (Å²) in [5, 5.41) is 20.5. The second kappa shape index (κ2) is 11.1. The molecule has 1 heterocycles. The summed E-state index contributed by atoms with van der Waals surface area (Å²) in [5.41, 5.74) is 0. The van der Waals surface area contributed by atoms with Crippen molar-refractivity contribution in [2.45, 2.75) is 26.0 Å². The van der Waals surface area contributed by atoms with Crippen LogP contribution in [0.15, 0.2) is 47.7 Å². The zero-order valence-corrected chi connectivity index (χ0v) is 14.9. The summed E-state index contributed by atoms with van der Waals surface area (Å²) < 4.78 is 20.1. The van der Waals surface area contributed by atoms with E-state index in [0.29, 0.717) is 11.7 Å². The van der Waals surface area contributed by atoms with Crippen molar-refractivity contribution in [1.82, 2.24) is 20.4 Å².